The Morgan fingerprint density at radius 1 is 1.19 bits per heavy atom. The number of esters is 1. The van der Waals surface area contributed by atoms with Crippen LogP contribution in [0.2, 0.25) is 0 Å². The van der Waals surface area contributed by atoms with E-state index in [2.05, 4.69) is 5.32 Å². The quantitative estimate of drug-likeness (QED) is 0.728. The fourth-order valence-electron chi connectivity index (χ4n) is 2.54. The van der Waals surface area contributed by atoms with Crippen molar-refractivity contribution < 1.29 is 28.6 Å². The standard InChI is InChI=1S/C18H24N2O6/c1-24-17(22)15(7-8-16(21)20-9-11-25-12-10-20)19-18(23)26-13-14-5-3-2-4-6-14/h2-6,15H,7-13H2,1H3,(H,19,23). The van der Waals surface area contributed by atoms with Gasteiger partial charge in [-0.2, -0.15) is 0 Å². The Hall–Kier alpha value is -2.61. The van der Waals surface area contributed by atoms with Gasteiger partial charge in [0.15, 0.2) is 0 Å². The Morgan fingerprint density at radius 3 is 2.54 bits per heavy atom. The van der Waals surface area contributed by atoms with Gasteiger partial charge in [0, 0.05) is 19.5 Å². The number of nitrogens with zero attached hydrogens (tertiary/aromatic N) is 1. The summed E-state index contributed by atoms with van der Waals surface area (Å²) in [4.78, 5) is 37.7. The highest BCUT2D eigenvalue weighted by Gasteiger charge is 2.25. The molecular weight excluding hydrogens is 340 g/mol. The molecule has 0 aliphatic carbocycles. The molecule has 0 bridgehead atoms. The number of rotatable bonds is 7. The molecule has 1 heterocycles. The number of carbonyl (C=O) groups is 3. The summed E-state index contributed by atoms with van der Waals surface area (Å²) in [5.74, 6) is -0.696. The van der Waals surface area contributed by atoms with Gasteiger partial charge in [0.1, 0.15) is 12.6 Å². The SMILES string of the molecule is COC(=O)C(CCC(=O)N1CCOCC1)NC(=O)OCc1ccccc1. The Morgan fingerprint density at radius 2 is 1.88 bits per heavy atom. The van der Waals surface area contributed by atoms with E-state index in [1.165, 1.54) is 7.11 Å². The number of morpholine rings is 1. The second-order valence-electron chi connectivity index (χ2n) is 5.81. The van der Waals surface area contributed by atoms with Gasteiger partial charge in [-0.1, -0.05) is 30.3 Å². The number of benzene rings is 1. The second-order valence-corrected chi connectivity index (χ2v) is 5.81. The number of nitrogens with one attached hydrogen (secondary N) is 1. The summed E-state index contributed by atoms with van der Waals surface area (Å²) in [6, 6.07) is 8.25. The van der Waals surface area contributed by atoms with Gasteiger partial charge in [-0.05, 0) is 12.0 Å². The van der Waals surface area contributed by atoms with Crippen LogP contribution in [0.3, 0.4) is 0 Å². The van der Waals surface area contributed by atoms with Crippen molar-refractivity contribution in [2.45, 2.75) is 25.5 Å². The molecular formula is C18H24N2O6. The molecule has 1 atom stereocenters. The highest BCUT2D eigenvalue weighted by molar-refractivity contribution is 5.82. The monoisotopic (exact) mass is 364 g/mol. The maximum Gasteiger partial charge on any atom is 0.408 e. The number of hydrogen-bond acceptors (Lipinski definition) is 6. The van der Waals surface area contributed by atoms with Crippen molar-refractivity contribution in [3.8, 4) is 0 Å². The Kier molecular flexibility index (Phi) is 7.88. The third-order valence-electron chi connectivity index (χ3n) is 4.00. The van der Waals surface area contributed by atoms with Gasteiger partial charge in [0.25, 0.3) is 0 Å². The average Bonchev–Trinajstić information content (AvgIpc) is 2.70. The summed E-state index contributed by atoms with van der Waals surface area (Å²) in [6.45, 7) is 2.18. The lowest BCUT2D eigenvalue weighted by molar-refractivity contribution is -0.143. The van der Waals surface area contributed by atoms with Crippen LogP contribution in [0.15, 0.2) is 30.3 Å². The molecule has 1 unspecified atom stereocenters. The fourth-order valence-corrected chi connectivity index (χ4v) is 2.54. The first-order chi connectivity index (χ1) is 12.6. The largest absolute Gasteiger partial charge is 0.467 e. The van der Waals surface area contributed by atoms with E-state index in [1.807, 2.05) is 30.3 Å². The highest BCUT2D eigenvalue weighted by Crippen LogP contribution is 2.07. The van der Waals surface area contributed by atoms with Crippen molar-refractivity contribution in [1.82, 2.24) is 10.2 Å². The minimum Gasteiger partial charge on any atom is -0.467 e. The number of hydrogen-bond donors (Lipinski definition) is 1. The Bertz CT molecular complexity index is 601. The van der Waals surface area contributed by atoms with Crippen LogP contribution >= 0.6 is 0 Å². The van der Waals surface area contributed by atoms with E-state index in [-0.39, 0.29) is 25.4 Å². The predicted molar refractivity (Wildman–Crippen MR) is 92.2 cm³/mol. The number of carbonyl (C=O) groups excluding carboxylic acids is 3. The molecule has 1 aliphatic heterocycles. The molecule has 0 saturated carbocycles. The van der Waals surface area contributed by atoms with Crippen LogP contribution < -0.4 is 5.32 Å². The Balaban J connectivity index is 1.81. The summed E-state index contributed by atoms with van der Waals surface area (Å²) in [5, 5.41) is 2.47. The number of methoxy groups -OCH3 is 1. The summed E-state index contributed by atoms with van der Waals surface area (Å²) >= 11 is 0. The molecule has 1 fully saturated rings. The van der Waals surface area contributed by atoms with Crippen molar-refractivity contribution >= 4 is 18.0 Å². The van der Waals surface area contributed by atoms with Gasteiger partial charge >= 0.3 is 12.1 Å². The molecule has 0 radical (unpaired) electrons. The lowest BCUT2D eigenvalue weighted by atomic mass is 10.1. The van der Waals surface area contributed by atoms with Crippen LogP contribution in [-0.4, -0.2) is 62.3 Å². The van der Waals surface area contributed by atoms with E-state index in [0.717, 1.165) is 5.56 Å². The van der Waals surface area contributed by atoms with Crippen LogP contribution in [0.5, 0.6) is 0 Å². The molecule has 0 aromatic heterocycles. The summed E-state index contributed by atoms with van der Waals surface area (Å²) in [7, 11) is 1.23. The molecule has 8 nitrogen and oxygen atoms in total. The molecule has 8 heteroatoms. The maximum atomic E-state index is 12.2. The molecule has 2 rings (SSSR count). The van der Waals surface area contributed by atoms with Gasteiger partial charge in [0.2, 0.25) is 5.91 Å². The van der Waals surface area contributed by atoms with E-state index < -0.39 is 18.1 Å². The number of ether oxygens (including phenoxy) is 3. The lowest BCUT2D eigenvalue weighted by Gasteiger charge is -2.27. The molecule has 1 aliphatic rings. The van der Waals surface area contributed by atoms with E-state index in [4.69, 9.17) is 14.2 Å². The summed E-state index contributed by atoms with van der Waals surface area (Å²) < 4.78 is 15.0. The van der Waals surface area contributed by atoms with Gasteiger partial charge in [-0.3, -0.25) is 4.79 Å². The normalized spacial score (nSPS) is 15.0. The van der Waals surface area contributed by atoms with Crippen molar-refractivity contribution in [2.24, 2.45) is 0 Å². The second kappa shape index (κ2) is 10.4. The van der Waals surface area contributed by atoms with E-state index >= 15 is 0 Å². The molecule has 2 amide bonds. The maximum absolute atomic E-state index is 12.2. The summed E-state index contributed by atoms with van der Waals surface area (Å²) in [5.41, 5.74) is 0.833. The first-order valence-electron chi connectivity index (χ1n) is 8.50. The Labute approximate surface area is 152 Å². The third kappa shape index (κ3) is 6.36. The van der Waals surface area contributed by atoms with Gasteiger partial charge in [-0.25, -0.2) is 9.59 Å². The fraction of sp³-hybridized carbons (Fsp3) is 0.500. The van der Waals surface area contributed by atoms with Crippen LogP contribution in [-0.2, 0) is 30.4 Å². The summed E-state index contributed by atoms with van der Waals surface area (Å²) in [6.07, 6.45) is -0.467. The molecule has 1 N–H and O–H groups in total. The van der Waals surface area contributed by atoms with Crippen molar-refractivity contribution in [3.63, 3.8) is 0 Å². The minimum atomic E-state index is -0.937. The molecule has 26 heavy (non-hydrogen) atoms. The van der Waals surface area contributed by atoms with Gasteiger partial charge in [-0.15, -0.1) is 0 Å². The average molecular weight is 364 g/mol. The number of alkyl carbamates (subject to hydrolysis) is 1. The van der Waals surface area contributed by atoms with Crippen LogP contribution in [0, 0.1) is 0 Å². The first kappa shape index (κ1) is 19.7. The van der Waals surface area contributed by atoms with Crippen molar-refractivity contribution in [2.75, 3.05) is 33.4 Å². The van der Waals surface area contributed by atoms with E-state index in [1.54, 1.807) is 4.90 Å². The lowest BCUT2D eigenvalue weighted by Crippen LogP contribution is -2.44. The predicted octanol–water partition coefficient (Wildman–Crippen LogP) is 1.09. The molecule has 0 spiro atoms. The molecule has 142 valence electrons. The van der Waals surface area contributed by atoms with Crippen LogP contribution in [0.4, 0.5) is 4.79 Å². The van der Waals surface area contributed by atoms with Crippen molar-refractivity contribution in [3.05, 3.63) is 35.9 Å². The van der Waals surface area contributed by atoms with Gasteiger partial charge < -0.3 is 24.4 Å². The van der Waals surface area contributed by atoms with Crippen LogP contribution in [0.1, 0.15) is 18.4 Å². The first-order valence-corrected chi connectivity index (χ1v) is 8.50. The van der Waals surface area contributed by atoms with E-state index in [9.17, 15) is 14.4 Å². The zero-order valence-corrected chi connectivity index (χ0v) is 14.8. The molecule has 1 aromatic carbocycles. The van der Waals surface area contributed by atoms with Crippen LogP contribution in [0.25, 0.3) is 0 Å². The van der Waals surface area contributed by atoms with Gasteiger partial charge in [0.05, 0.1) is 20.3 Å². The molecule has 1 saturated heterocycles. The highest BCUT2D eigenvalue weighted by atomic mass is 16.6. The van der Waals surface area contributed by atoms with Crippen molar-refractivity contribution in [1.29, 1.82) is 0 Å². The van der Waals surface area contributed by atoms with E-state index in [0.29, 0.717) is 26.3 Å². The minimum absolute atomic E-state index is 0.0818. The zero-order chi connectivity index (χ0) is 18.8. The topological polar surface area (TPSA) is 94.2 Å². The third-order valence-corrected chi connectivity index (χ3v) is 4.00. The molecule has 1 aromatic rings. The zero-order valence-electron chi connectivity index (χ0n) is 14.8. The number of amides is 2. The smallest absolute Gasteiger partial charge is 0.408 e.